The minimum absolute atomic E-state index is 0.0178. The summed E-state index contributed by atoms with van der Waals surface area (Å²) in [6.07, 6.45) is 0.0178. The lowest BCUT2D eigenvalue weighted by atomic mass is 10.0. The van der Waals surface area contributed by atoms with Crippen LogP contribution in [0.3, 0.4) is 0 Å². The van der Waals surface area contributed by atoms with Gasteiger partial charge >= 0.3 is 0 Å². The Morgan fingerprint density at radius 3 is 2.74 bits per heavy atom. The van der Waals surface area contributed by atoms with Crippen LogP contribution >= 0.6 is 11.6 Å². The van der Waals surface area contributed by atoms with Gasteiger partial charge in [-0.1, -0.05) is 11.6 Å². The smallest absolute Gasteiger partial charge is 0.254 e. The van der Waals surface area contributed by atoms with Crippen LogP contribution in [0.4, 0.5) is 5.69 Å². The maximum Gasteiger partial charge on any atom is 0.254 e. The number of morpholine rings is 1. The van der Waals surface area contributed by atoms with Crippen LogP contribution in [0.15, 0.2) is 18.2 Å². The highest BCUT2D eigenvalue weighted by Crippen LogP contribution is 2.24. The summed E-state index contributed by atoms with van der Waals surface area (Å²) in [5.41, 5.74) is 6.41. The first kappa shape index (κ1) is 14.2. The molecule has 1 amide bonds. The number of halogens is 1. The van der Waals surface area contributed by atoms with E-state index in [9.17, 15) is 4.79 Å². The standard InChI is InChI=1S/C14H19ClN2O2/c1-9-7-17(8-14(2,3)19-9)13(18)10-4-11(15)6-12(16)5-10/h4-6,9H,7-8,16H2,1-3H3. The number of hydrogen-bond donors (Lipinski definition) is 1. The van der Waals surface area contributed by atoms with E-state index in [0.29, 0.717) is 29.4 Å². The van der Waals surface area contributed by atoms with E-state index < -0.39 is 0 Å². The van der Waals surface area contributed by atoms with E-state index in [4.69, 9.17) is 22.1 Å². The normalized spacial score (nSPS) is 22.3. The van der Waals surface area contributed by atoms with Gasteiger partial charge in [0.1, 0.15) is 0 Å². The summed E-state index contributed by atoms with van der Waals surface area (Å²) in [4.78, 5) is 14.3. The minimum atomic E-state index is -0.336. The monoisotopic (exact) mass is 282 g/mol. The summed E-state index contributed by atoms with van der Waals surface area (Å²) in [5, 5.41) is 0.476. The first-order chi connectivity index (χ1) is 8.77. The van der Waals surface area contributed by atoms with Crippen molar-refractivity contribution >= 4 is 23.2 Å². The van der Waals surface area contributed by atoms with Crippen LogP contribution < -0.4 is 5.73 Å². The molecule has 1 aromatic rings. The van der Waals surface area contributed by atoms with E-state index in [1.54, 1.807) is 23.1 Å². The van der Waals surface area contributed by atoms with Crippen molar-refractivity contribution in [1.29, 1.82) is 0 Å². The number of carbonyl (C=O) groups excluding carboxylic acids is 1. The number of hydrogen-bond acceptors (Lipinski definition) is 3. The number of carbonyl (C=O) groups is 1. The van der Waals surface area contributed by atoms with Crippen LogP contribution in [-0.4, -0.2) is 35.6 Å². The van der Waals surface area contributed by atoms with E-state index in [1.165, 1.54) is 0 Å². The van der Waals surface area contributed by atoms with Gasteiger partial charge in [-0.05, 0) is 39.0 Å². The molecule has 1 unspecified atom stereocenters. The lowest BCUT2D eigenvalue weighted by Gasteiger charge is -2.41. The maximum absolute atomic E-state index is 12.5. The lowest BCUT2D eigenvalue weighted by molar-refractivity contribution is -0.118. The Morgan fingerprint density at radius 1 is 1.47 bits per heavy atom. The van der Waals surface area contributed by atoms with Crippen molar-refractivity contribution in [2.45, 2.75) is 32.5 Å². The minimum Gasteiger partial charge on any atom is -0.399 e. The molecule has 104 valence electrons. The Bertz CT molecular complexity index is 482. The molecule has 1 aliphatic rings. The second-order valence-electron chi connectivity index (χ2n) is 5.65. The van der Waals surface area contributed by atoms with Gasteiger partial charge in [0.05, 0.1) is 11.7 Å². The molecule has 1 heterocycles. The van der Waals surface area contributed by atoms with Crippen LogP contribution in [0, 0.1) is 0 Å². The zero-order valence-electron chi connectivity index (χ0n) is 11.4. The topological polar surface area (TPSA) is 55.6 Å². The summed E-state index contributed by atoms with van der Waals surface area (Å²) in [6.45, 7) is 7.06. The van der Waals surface area contributed by atoms with Crippen LogP contribution in [0.2, 0.25) is 5.02 Å². The summed E-state index contributed by atoms with van der Waals surface area (Å²) >= 11 is 5.94. The Balaban J connectivity index is 2.23. The zero-order valence-corrected chi connectivity index (χ0v) is 12.2. The van der Waals surface area contributed by atoms with Gasteiger partial charge in [-0.2, -0.15) is 0 Å². The van der Waals surface area contributed by atoms with Gasteiger partial charge in [0.15, 0.2) is 0 Å². The Labute approximate surface area is 118 Å². The van der Waals surface area contributed by atoms with Crippen LogP contribution in [0.25, 0.3) is 0 Å². The van der Waals surface area contributed by atoms with Gasteiger partial charge in [0.25, 0.3) is 5.91 Å². The molecule has 1 aliphatic heterocycles. The highest BCUT2D eigenvalue weighted by Gasteiger charge is 2.34. The van der Waals surface area contributed by atoms with Gasteiger partial charge in [0.2, 0.25) is 0 Å². The third-order valence-electron chi connectivity index (χ3n) is 3.02. The predicted molar refractivity (Wildman–Crippen MR) is 76.4 cm³/mol. The van der Waals surface area contributed by atoms with Gasteiger partial charge in [-0.15, -0.1) is 0 Å². The fourth-order valence-electron chi connectivity index (χ4n) is 2.53. The SMILES string of the molecule is CC1CN(C(=O)c2cc(N)cc(Cl)c2)CC(C)(C)O1. The molecule has 4 nitrogen and oxygen atoms in total. The molecular weight excluding hydrogens is 264 g/mol. The molecule has 1 atom stereocenters. The van der Waals surface area contributed by atoms with Crippen molar-refractivity contribution in [2.24, 2.45) is 0 Å². The van der Waals surface area contributed by atoms with Crippen LogP contribution in [0.1, 0.15) is 31.1 Å². The Morgan fingerprint density at radius 2 is 2.16 bits per heavy atom. The number of nitrogens with zero attached hydrogens (tertiary/aromatic N) is 1. The van der Waals surface area contributed by atoms with Crippen molar-refractivity contribution in [1.82, 2.24) is 4.90 Å². The van der Waals surface area contributed by atoms with Crippen LogP contribution in [0.5, 0.6) is 0 Å². The predicted octanol–water partition coefficient (Wildman–Crippen LogP) is 2.56. The van der Waals surface area contributed by atoms with E-state index in [0.717, 1.165) is 0 Å². The second-order valence-corrected chi connectivity index (χ2v) is 6.08. The molecule has 1 aromatic carbocycles. The summed E-state index contributed by atoms with van der Waals surface area (Å²) in [7, 11) is 0. The molecule has 2 rings (SSSR count). The van der Waals surface area contributed by atoms with Crippen molar-refractivity contribution in [3.05, 3.63) is 28.8 Å². The van der Waals surface area contributed by atoms with Crippen molar-refractivity contribution in [3.8, 4) is 0 Å². The number of nitrogen functional groups attached to an aromatic ring is 1. The number of benzene rings is 1. The van der Waals surface area contributed by atoms with Crippen LogP contribution in [-0.2, 0) is 4.74 Å². The zero-order chi connectivity index (χ0) is 14.2. The second kappa shape index (κ2) is 5.02. The first-order valence-corrected chi connectivity index (χ1v) is 6.68. The van der Waals surface area contributed by atoms with Gasteiger partial charge in [-0.25, -0.2) is 0 Å². The van der Waals surface area contributed by atoms with Crippen molar-refractivity contribution in [3.63, 3.8) is 0 Å². The maximum atomic E-state index is 12.5. The molecule has 1 fully saturated rings. The molecule has 0 saturated carbocycles. The molecule has 0 aromatic heterocycles. The quantitative estimate of drug-likeness (QED) is 0.806. The molecule has 1 saturated heterocycles. The fourth-order valence-corrected chi connectivity index (χ4v) is 2.77. The number of anilines is 1. The highest BCUT2D eigenvalue weighted by atomic mass is 35.5. The van der Waals surface area contributed by atoms with Gasteiger partial charge in [0, 0.05) is 29.4 Å². The number of nitrogens with two attached hydrogens (primary N) is 1. The molecule has 0 radical (unpaired) electrons. The Hall–Kier alpha value is -1.26. The van der Waals surface area contributed by atoms with E-state index >= 15 is 0 Å². The van der Waals surface area contributed by atoms with Gasteiger partial charge < -0.3 is 15.4 Å². The number of rotatable bonds is 1. The van der Waals surface area contributed by atoms with E-state index in [-0.39, 0.29) is 17.6 Å². The molecule has 0 bridgehead atoms. The summed E-state index contributed by atoms with van der Waals surface area (Å²) in [6, 6.07) is 4.93. The van der Waals surface area contributed by atoms with E-state index in [2.05, 4.69) is 0 Å². The first-order valence-electron chi connectivity index (χ1n) is 6.30. The molecule has 0 spiro atoms. The molecule has 2 N–H and O–H groups in total. The third kappa shape index (κ3) is 3.39. The third-order valence-corrected chi connectivity index (χ3v) is 3.24. The fraction of sp³-hybridized carbons (Fsp3) is 0.500. The van der Waals surface area contributed by atoms with Crippen molar-refractivity contribution in [2.75, 3.05) is 18.8 Å². The molecule has 19 heavy (non-hydrogen) atoms. The highest BCUT2D eigenvalue weighted by molar-refractivity contribution is 6.31. The largest absolute Gasteiger partial charge is 0.399 e. The molecule has 5 heteroatoms. The lowest BCUT2D eigenvalue weighted by Crippen LogP contribution is -2.53. The number of ether oxygens (including phenoxy) is 1. The molecular formula is C14H19ClN2O2. The summed E-state index contributed by atoms with van der Waals surface area (Å²) in [5.74, 6) is -0.0579. The van der Waals surface area contributed by atoms with Gasteiger partial charge in [-0.3, -0.25) is 4.79 Å². The van der Waals surface area contributed by atoms with E-state index in [1.807, 2.05) is 20.8 Å². The average molecular weight is 283 g/mol. The van der Waals surface area contributed by atoms with Crippen molar-refractivity contribution < 1.29 is 9.53 Å². The number of amides is 1. The Kier molecular flexibility index (Phi) is 3.74. The molecule has 0 aliphatic carbocycles. The average Bonchev–Trinajstić information content (AvgIpc) is 2.23. The summed E-state index contributed by atoms with van der Waals surface area (Å²) < 4.78 is 5.79.